The number of nitrogens with one attached hydrogen (secondary N) is 1. The molecule has 0 bridgehead atoms. The summed E-state index contributed by atoms with van der Waals surface area (Å²) in [5.74, 6) is 1.25. The van der Waals surface area contributed by atoms with Gasteiger partial charge >= 0.3 is 5.69 Å². The molecule has 23 heavy (non-hydrogen) atoms. The number of methoxy groups -OCH3 is 3. The summed E-state index contributed by atoms with van der Waals surface area (Å²) in [6.07, 6.45) is 1.09. The zero-order valence-corrected chi connectivity index (χ0v) is 13.4. The first kappa shape index (κ1) is 16.6. The molecule has 2 aromatic rings. The van der Waals surface area contributed by atoms with Gasteiger partial charge in [0.05, 0.1) is 26.3 Å². The van der Waals surface area contributed by atoms with E-state index in [2.05, 4.69) is 10.3 Å². The molecule has 1 heterocycles. The van der Waals surface area contributed by atoms with E-state index in [9.17, 15) is 10.1 Å². The van der Waals surface area contributed by atoms with E-state index in [1.165, 1.54) is 27.4 Å². The summed E-state index contributed by atoms with van der Waals surface area (Å²) in [5, 5.41) is 14.1. The van der Waals surface area contributed by atoms with Crippen molar-refractivity contribution in [3.8, 4) is 17.2 Å². The Morgan fingerprint density at radius 1 is 1.13 bits per heavy atom. The van der Waals surface area contributed by atoms with E-state index in [1.54, 1.807) is 12.1 Å². The summed E-state index contributed by atoms with van der Waals surface area (Å²) in [7, 11) is 4.45. The number of nitro groups is 1. The Labute approximate surface area is 137 Å². The van der Waals surface area contributed by atoms with Gasteiger partial charge in [0.2, 0.25) is 5.75 Å². The van der Waals surface area contributed by atoms with Gasteiger partial charge in [-0.05, 0) is 0 Å². The van der Waals surface area contributed by atoms with Gasteiger partial charge in [0.1, 0.15) is 17.0 Å². The Bertz CT molecular complexity index is 713. The van der Waals surface area contributed by atoms with Crippen molar-refractivity contribution in [3.63, 3.8) is 0 Å². The highest BCUT2D eigenvalue weighted by molar-refractivity contribution is 6.29. The highest BCUT2D eigenvalue weighted by Gasteiger charge is 2.18. The van der Waals surface area contributed by atoms with Gasteiger partial charge in [0, 0.05) is 23.9 Å². The molecule has 8 nitrogen and oxygen atoms in total. The molecule has 0 aliphatic carbocycles. The molecule has 122 valence electrons. The van der Waals surface area contributed by atoms with Crippen molar-refractivity contribution in [1.82, 2.24) is 4.98 Å². The molecule has 0 aliphatic rings. The van der Waals surface area contributed by atoms with Crippen LogP contribution in [0.1, 0.15) is 0 Å². The smallest absolute Gasteiger partial charge is 0.310 e. The van der Waals surface area contributed by atoms with Crippen molar-refractivity contribution in [2.24, 2.45) is 0 Å². The van der Waals surface area contributed by atoms with Crippen LogP contribution in [0.2, 0.25) is 5.15 Å². The quantitative estimate of drug-likeness (QED) is 0.489. The molecule has 0 radical (unpaired) electrons. The molecule has 0 saturated carbocycles. The summed E-state index contributed by atoms with van der Waals surface area (Å²) in [6.45, 7) is 0. The lowest BCUT2D eigenvalue weighted by atomic mass is 10.2. The van der Waals surface area contributed by atoms with Crippen LogP contribution in [0.5, 0.6) is 17.2 Å². The van der Waals surface area contributed by atoms with E-state index in [-0.39, 0.29) is 16.5 Å². The number of rotatable bonds is 6. The van der Waals surface area contributed by atoms with Crippen LogP contribution in [-0.4, -0.2) is 31.2 Å². The first-order valence-corrected chi connectivity index (χ1v) is 6.75. The predicted octanol–water partition coefficient (Wildman–Crippen LogP) is 3.41. The Morgan fingerprint density at radius 3 is 2.22 bits per heavy atom. The molecular formula is C14H14ClN3O5. The average Bonchev–Trinajstić information content (AvgIpc) is 2.53. The Morgan fingerprint density at radius 2 is 1.74 bits per heavy atom. The van der Waals surface area contributed by atoms with E-state index in [0.717, 1.165) is 6.20 Å². The zero-order valence-electron chi connectivity index (χ0n) is 12.6. The zero-order chi connectivity index (χ0) is 17.0. The maximum Gasteiger partial charge on any atom is 0.310 e. The van der Waals surface area contributed by atoms with E-state index < -0.39 is 4.92 Å². The van der Waals surface area contributed by atoms with Gasteiger partial charge < -0.3 is 19.5 Å². The third-order valence-corrected chi connectivity index (χ3v) is 3.20. The summed E-state index contributed by atoms with van der Waals surface area (Å²) in [4.78, 5) is 14.2. The van der Waals surface area contributed by atoms with Crippen LogP contribution < -0.4 is 19.5 Å². The lowest BCUT2D eigenvalue weighted by molar-refractivity contribution is -0.384. The standard InChI is InChI=1S/C14H14ClN3O5/c1-21-11-4-8(5-12(22-2)14(11)23-3)17-9-6-13(15)16-7-10(9)18(19)20/h4-7H,1-3H3,(H,16,17). The molecule has 0 atom stereocenters. The number of hydrogen-bond acceptors (Lipinski definition) is 7. The molecule has 0 amide bonds. The topological polar surface area (TPSA) is 95.8 Å². The number of hydrogen-bond donors (Lipinski definition) is 1. The van der Waals surface area contributed by atoms with Crippen molar-refractivity contribution in [1.29, 1.82) is 0 Å². The largest absolute Gasteiger partial charge is 0.493 e. The van der Waals surface area contributed by atoms with Crippen molar-refractivity contribution in [2.45, 2.75) is 0 Å². The number of ether oxygens (including phenoxy) is 3. The molecule has 1 aromatic heterocycles. The van der Waals surface area contributed by atoms with Crippen LogP contribution in [0.15, 0.2) is 24.4 Å². The number of aromatic nitrogens is 1. The molecule has 1 N–H and O–H groups in total. The van der Waals surface area contributed by atoms with Crippen LogP contribution in [0, 0.1) is 10.1 Å². The van der Waals surface area contributed by atoms with Crippen molar-refractivity contribution >= 4 is 28.7 Å². The van der Waals surface area contributed by atoms with E-state index in [0.29, 0.717) is 22.9 Å². The van der Waals surface area contributed by atoms with Crippen LogP contribution in [0.4, 0.5) is 17.1 Å². The number of anilines is 2. The maximum absolute atomic E-state index is 11.1. The number of pyridine rings is 1. The van der Waals surface area contributed by atoms with Gasteiger partial charge in [-0.2, -0.15) is 0 Å². The van der Waals surface area contributed by atoms with E-state index >= 15 is 0 Å². The molecule has 9 heteroatoms. The molecule has 1 aromatic carbocycles. The number of halogens is 1. The molecule has 0 unspecified atom stereocenters. The van der Waals surface area contributed by atoms with Gasteiger partial charge in [-0.15, -0.1) is 0 Å². The molecule has 0 aliphatic heterocycles. The normalized spacial score (nSPS) is 10.1. The first-order chi connectivity index (χ1) is 11.0. The van der Waals surface area contributed by atoms with Crippen molar-refractivity contribution in [3.05, 3.63) is 39.7 Å². The summed E-state index contributed by atoms with van der Waals surface area (Å²) >= 11 is 5.81. The van der Waals surface area contributed by atoms with E-state index in [1.807, 2.05) is 0 Å². The van der Waals surface area contributed by atoms with Crippen LogP contribution in [0.25, 0.3) is 0 Å². The summed E-state index contributed by atoms with van der Waals surface area (Å²) in [6, 6.07) is 4.61. The lowest BCUT2D eigenvalue weighted by Crippen LogP contribution is -2.00. The lowest BCUT2D eigenvalue weighted by Gasteiger charge is -2.15. The minimum absolute atomic E-state index is 0.130. The predicted molar refractivity (Wildman–Crippen MR) is 85.3 cm³/mol. The van der Waals surface area contributed by atoms with Crippen molar-refractivity contribution in [2.75, 3.05) is 26.6 Å². The minimum atomic E-state index is -0.552. The fourth-order valence-corrected chi connectivity index (χ4v) is 2.13. The molecular weight excluding hydrogens is 326 g/mol. The Balaban J connectivity index is 2.48. The monoisotopic (exact) mass is 339 g/mol. The van der Waals surface area contributed by atoms with E-state index in [4.69, 9.17) is 25.8 Å². The second kappa shape index (κ2) is 7.01. The fraction of sp³-hybridized carbons (Fsp3) is 0.214. The van der Waals surface area contributed by atoms with Crippen molar-refractivity contribution < 1.29 is 19.1 Å². The average molecular weight is 340 g/mol. The second-order valence-electron chi connectivity index (χ2n) is 4.32. The van der Waals surface area contributed by atoms with Crippen LogP contribution in [-0.2, 0) is 0 Å². The second-order valence-corrected chi connectivity index (χ2v) is 4.71. The number of benzene rings is 1. The maximum atomic E-state index is 11.1. The highest BCUT2D eigenvalue weighted by atomic mass is 35.5. The van der Waals surface area contributed by atoms with Gasteiger partial charge in [-0.25, -0.2) is 4.98 Å². The minimum Gasteiger partial charge on any atom is -0.493 e. The van der Waals surface area contributed by atoms with Crippen LogP contribution in [0.3, 0.4) is 0 Å². The van der Waals surface area contributed by atoms with Crippen LogP contribution >= 0.6 is 11.6 Å². The van der Waals surface area contributed by atoms with Gasteiger partial charge in [0.15, 0.2) is 11.5 Å². The fourth-order valence-electron chi connectivity index (χ4n) is 1.98. The molecule has 0 spiro atoms. The third kappa shape index (κ3) is 3.54. The Kier molecular flexibility index (Phi) is 5.07. The third-order valence-electron chi connectivity index (χ3n) is 2.99. The SMILES string of the molecule is COc1cc(Nc2cc(Cl)ncc2[N+](=O)[O-])cc(OC)c1OC. The molecule has 0 saturated heterocycles. The Hall–Kier alpha value is -2.74. The van der Waals surface area contributed by atoms with Gasteiger partial charge in [-0.1, -0.05) is 11.6 Å². The summed E-state index contributed by atoms with van der Waals surface area (Å²) in [5.41, 5.74) is 0.497. The van der Waals surface area contributed by atoms with Gasteiger partial charge in [-0.3, -0.25) is 10.1 Å². The highest BCUT2D eigenvalue weighted by Crippen LogP contribution is 2.41. The first-order valence-electron chi connectivity index (χ1n) is 6.37. The summed E-state index contributed by atoms with van der Waals surface area (Å²) < 4.78 is 15.7. The van der Waals surface area contributed by atoms with Gasteiger partial charge in [0.25, 0.3) is 0 Å². The molecule has 2 rings (SSSR count). The molecule has 0 fully saturated rings. The number of nitrogens with zero attached hydrogens (tertiary/aromatic N) is 2.